The summed E-state index contributed by atoms with van der Waals surface area (Å²) in [6, 6.07) is 19.6. The van der Waals surface area contributed by atoms with Crippen molar-refractivity contribution < 1.29 is 28.5 Å². The molecule has 0 bridgehead atoms. The highest BCUT2D eigenvalue weighted by Gasteiger charge is 2.31. The fourth-order valence-electron chi connectivity index (χ4n) is 3.81. The van der Waals surface area contributed by atoms with Crippen LogP contribution in [0.5, 0.6) is 28.7 Å². The van der Waals surface area contributed by atoms with E-state index in [1.54, 1.807) is 43.5 Å². The molecule has 2 N–H and O–H groups in total. The van der Waals surface area contributed by atoms with Crippen molar-refractivity contribution >= 4 is 21.9 Å². The molecule has 1 atom stereocenters. The number of nitriles is 1. The summed E-state index contributed by atoms with van der Waals surface area (Å²) in [5, 5.41) is 9.82. The van der Waals surface area contributed by atoms with Crippen LogP contribution in [-0.4, -0.2) is 26.3 Å². The van der Waals surface area contributed by atoms with E-state index in [-0.39, 0.29) is 23.8 Å². The molecule has 36 heavy (non-hydrogen) atoms. The number of esters is 1. The van der Waals surface area contributed by atoms with Gasteiger partial charge in [0.05, 0.1) is 19.6 Å². The van der Waals surface area contributed by atoms with E-state index in [2.05, 4.69) is 22.0 Å². The molecule has 0 aromatic heterocycles. The molecule has 0 aliphatic carbocycles. The van der Waals surface area contributed by atoms with Crippen molar-refractivity contribution in [2.75, 3.05) is 20.3 Å². The number of nitrogens with zero attached hydrogens (tertiary/aromatic N) is 1. The van der Waals surface area contributed by atoms with Gasteiger partial charge in [0.15, 0.2) is 18.1 Å². The maximum absolute atomic E-state index is 12.3. The van der Waals surface area contributed by atoms with Crippen molar-refractivity contribution in [2.45, 2.75) is 12.8 Å². The van der Waals surface area contributed by atoms with Crippen LogP contribution in [0.1, 0.15) is 24.0 Å². The number of halogens is 1. The SMILES string of the molecule is CCOc1ccc(C2C(C#N)=C(N)Oc3cc(OC(=O)COc4ccc(Br)cc4)ccc32)cc1OC. The Morgan fingerprint density at radius 2 is 1.81 bits per heavy atom. The van der Waals surface area contributed by atoms with E-state index in [1.807, 2.05) is 31.2 Å². The average Bonchev–Trinajstić information content (AvgIpc) is 2.88. The van der Waals surface area contributed by atoms with Crippen LogP contribution < -0.4 is 29.4 Å². The average molecular weight is 551 g/mol. The molecule has 0 saturated heterocycles. The Hall–Kier alpha value is -4.16. The van der Waals surface area contributed by atoms with Gasteiger partial charge in [0.1, 0.15) is 28.9 Å². The van der Waals surface area contributed by atoms with Crippen molar-refractivity contribution in [3.05, 3.63) is 87.7 Å². The Morgan fingerprint density at radius 1 is 1.06 bits per heavy atom. The van der Waals surface area contributed by atoms with Crippen LogP contribution in [-0.2, 0) is 4.79 Å². The number of fused-ring (bicyclic) bond motifs is 1. The van der Waals surface area contributed by atoms with Crippen LogP contribution in [0.15, 0.2) is 76.6 Å². The van der Waals surface area contributed by atoms with E-state index in [4.69, 9.17) is 29.4 Å². The van der Waals surface area contributed by atoms with Gasteiger partial charge in [0.2, 0.25) is 5.88 Å². The number of allylic oxidation sites excluding steroid dienone is 1. The van der Waals surface area contributed by atoms with Crippen molar-refractivity contribution in [3.63, 3.8) is 0 Å². The molecule has 184 valence electrons. The lowest BCUT2D eigenvalue weighted by Gasteiger charge is -2.27. The molecule has 9 heteroatoms. The van der Waals surface area contributed by atoms with E-state index in [0.29, 0.717) is 35.2 Å². The second-order valence-corrected chi connectivity index (χ2v) is 8.60. The highest BCUT2D eigenvalue weighted by molar-refractivity contribution is 9.10. The van der Waals surface area contributed by atoms with E-state index in [1.165, 1.54) is 0 Å². The predicted octanol–water partition coefficient (Wildman–Crippen LogP) is 5.06. The van der Waals surface area contributed by atoms with E-state index < -0.39 is 11.9 Å². The highest BCUT2D eigenvalue weighted by Crippen LogP contribution is 2.45. The summed E-state index contributed by atoms with van der Waals surface area (Å²) in [4.78, 5) is 12.3. The summed E-state index contributed by atoms with van der Waals surface area (Å²) in [6.45, 7) is 2.10. The van der Waals surface area contributed by atoms with Gasteiger partial charge in [-0.25, -0.2) is 4.79 Å². The first-order valence-corrected chi connectivity index (χ1v) is 11.8. The second kappa shape index (κ2) is 11.1. The second-order valence-electron chi connectivity index (χ2n) is 7.68. The maximum atomic E-state index is 12.3. The summed E-state index contributed by atoms with van der Waals surface area (Å²) in [5.74, 6) is 1.20. The largest absolute Gasteiger partial charge is 0.493 e. The first kappa shape index (κ1) is 24.9. The summed E-state index contributed by atoms with van der Waals surface area (Å²) in [7, 11) is 1.55. The van der Waals surface area contributed by atoms with Crippen LogP contribution >= 0.6 is 15.9 Å². The van der Waals surface area contributed by atoms with Crippen molar-refractivity contribution in [2.24, 2.45) is 5.73 Å². The Labute approximate surface area is 216 Å². The number of nitrogens with two attached hydrogens (primary N) is 1. The minimum atomic E-state index is -0.581. The first-order valence-electron chi connectivity index (χ1n) is 11.0. The summed E-state index contributed by atoms with van der Waals surface area (Å²) < 4.78 is 28.6. The minimum absolute atomic E-state index is 0.0232. The van der Waals surface area contributed by atoms with E-state index in [0.717, 1.165) is 10.0 Å². The molecular formula is C27H23BrN2O6. The van der Waals surface area contributed by atoms with Crippen molar-refractivity contribution in [1.82, 2.24) is 0 Å². The first-order chi connectivity index (χ1) is 17.4. The Balaban J connectivity index is 1.57. The Kier molecular flexibility index (Phi) is 7.66. The lowest BCUT2D eigenvalue weighted by molar-refractivity contribution is -0.136. The van der Waals surface area contributed by atoms with E-state index in [9.17, 15) is 10.1 Å². The number of hydrogen-bond acceptors (Lipinski definition) is 8. The fraction of sp³-hybridized carbons (Fsp3) is 0.185. The van der Waals surface area contributed by atoms with Gasteiger partial charge in [0.25, 0.3) is 0 Å². The normalized spacial score (nSPS) is 14.2. The van der Waals surface area contributed by atoms with Crippen LogP contribution in [0.25, 0.3) is 0 Å². The summed E-state index contributed by atoms with van der Waals surface area (Å²) in [5.41, 5.74) is 7.83. The van der Waals surface area contributed by atoms with Crippen molar-refractivity contribution in [3.8, 4) is 34.8 Å². The van der Waals surface area contributed by atoms with E-state index >= 15 is 0 Å². The zero-order valence-electron chi connectivity index (χ0n) is 19.6. The zero-order chi connectivity index (χ0) is 25.7. The smallest absolute Gasteiger partial charge is 0.349 e. The van der Waals surface area contributed by atoms with Crippen molar-refractivity contribution in [1.29, 1.82) is 5.26 Å². The van der Waals surface area contributed by atoms with Gasteiger partial charge in [0, 0.05) is 16.1 Å². The van der Waals surface area contributed by atoms with Crippen LogP contribution in [0.4, 0.5) is 0 Å². The van der Waals surface area contributed by atoms with Gasteiger partial charge in [-0.1, -0.05) is 28.1 Å². The van der Waals surface area contributed by atoms with Crippen LogP contribution in [0, 0.1) is 11.3 Å². The topological polar surface area (TPSA) is 113 Å². The molecule has 8 nitrogen and oxygen atoms in total. The lowest BCUT2D eigenvalue weighted by atomic mass is 9.83. The molecule has 0 radical (unpaired) electrons. The molecule has 0 fully saturated rings. The number of benzene rings is 3. The molecule has 0 saturated carbocycles. The minimum Gasteiger partial charge on any atom is -0.493 e. The van der Waals surface area contributed by atoms with Gasteiger partial charge < -0.3 is 29.4 Å². The Morgan fingerprint density at radius 3 is 2.50 bits per heavy atom. The van der Waals surface area contributed by atoms with Crippen LogP contribution in [0.3, 0.4) is 0 Å². The molecule has 3 aromatic carbocycles. The van der Waals surface area contributed by atoms with Gasteiger partial charge in [-0.15, -0.1) is 0 Å². The summed E-state index contributed by atoms with van der Waals surface area (Å²) in [6.07, 6.45) is 0. The van der Waals surface area contributed by atoms with Gasteiger partial charge in [-0.3, -0.25) is 0 Å². The lowest BCUT2D eigenvalue weighted by Crippen LogP contribution is -2.21. The third kappa shape index (κ3) is 5.39. The highest BCUT2D eigenvalue weighted by atomic mass is 79.9. The monoisotopic (exact) mass is 550 g/mol. The number of rotatable bonds is 8. The number of ether oxygens (including phenoxy) is 5. The number of carbonyl (C=O) groups is 1. The molecule has 1 aliphatic heterocycles. The molecule has 0 amide bonds. The van der Waals surface area contributed by atoms with Gasteiger partial charge in [-0.2, -0.15) is 5.26 Å². The fourth-order valence-corrected chi connectivity index (χ4v) is 4.08. The van der Waals surface area contributed by atoms with Gasteiger partial charge in [-0.05, 0) is 55.0 Å². The molecule has 1 unspecified atom stereocenters. The number of hydrogen-bond donors (Lipinski definition) is 1. The molecule has 1 aliphatic rings. The number of methoxy groups -OCH3 is 1. The molecule has 3 aromatic rings. The summed E-state index contributed by atoms with van der Waals surface area (Å²) >= 11 is 3.35. The number of carbonyl (C=O) groups excluding carboxylic acids is 1. The molecule has 4 rings (SSSR count). The van der Waals surface area contributed by atoms with Crippen LogP contribution in [0.2, 0.25) is 0 Å². The molecule has 1 heterocycles. The standard InChI is InChI=1S/C27H23BrN2O6/c1-3-33-22-11-4-16(12-24(22)32-2)26-20-10-9-19(13-23(20)36-27(30)21(26)14-29)35-25(31)15-34-18-7-5-17(28)6-8-18/h4-13,26H,3,15,30H2,1-2H3. The third-order valence-corrected chi connectivity index (χ3v) is 5.94. The molecular weight excluding hydrogens is 528 g/mol. The predicted molar refractivity (Wildman–Crippen MR) is 135 cm³/mol. The quantitative estimate of drug-likeness (QED) is 0.306. The maximum Gasteiger partial charge on any atom is 0.349 e. The Bertz CT molecular complexity index is 1350. The third-order valence-electron chi connectivity index (χ3n) is 5.41. The molecule has 0 spiro atoms. The van der Waals surface area contributed by atoms with Gasteiger partial charge >= 0.3 is 5.97 Å². The zero-order valence-corrected chi connectivity index (χ0v) is 21.2.